The third-order valence-electron chi connectivity index (χ3n) is 5.35. The van der Waals surface area contributed by atoms with Crippen molar-refractivity contribution in [3.8, 4) is 0 Å². The summed E-state index contributed by atoms with van der Waals surface area (Å²) in [6, 6.07) is 6.87. The van der Waals surface area contributed by atoms with Crippen molar-refractivity contribution in [2.24, 2.45) is 11.3 Å². The van der Waals surface area contributed by atoms with Crippen LogP contribution in [-0.4, -0.2) is 18.8 Å². The van der Waals surface area contributed by atoms with E-state index < -0.39 is 0 Å². The number of hydrogen-bond acceptors (Lipinski definition) is 1. The lowest BCUT2D eigenvalue weighted by Crippen LogP contribution is -2.83. The zero-order valence-corrected chi connectivity index (χ0v) is 15.9. The molecule has 1 saturated heterocycles. The van der Waals surface area contributed by atoms with Crippen molar-refractivity contribution in [3.63, 3.8) is 0 Å². The molecule has 0 saturated carbocycles. The maximum Gasteiger partial charge on any atom is 0.123 e. The summed E-state index contributed by atoms with van der Waals surface area (Å²) in [5.41, 5.74) is 1.62. The highest BCUT2D eigenvalue weighted by atomic mass is 19.1. The van der Waals surface area contributed by atoms with E-state index >= 15 is 0 Å². The van der Waals surface area contributed by atoms with Crippen molar-refractivity contribution < 1.29 is 14.4 Å². The average Bonchev–Trinajstić information content (AvgIpc) is 2.51. The lowest BCUT2D eigenvalue weighted by atomic mass is 9.68. The van der Waals surface area contributed by atoms with E-state index in [0.29, 0.717) is 5.41 Å². The molecule has 1 aromatic rings. The van der Waals surface area contributed by atoms with Crippen LogP contribution >= 0.6 is 0 Å². The molecule has 2 rings (SSSR count). The lowest BCUT2D eigenvalue weighted by Gasteiger charge is -2.45. The zero-order chi connectivity index (χ0) is 17.6. The van der Waals surface area contributed by atoms with Gasteiger partial charge in [-0.15, -0.1) is 0 Å². The van der Waals surface area contributed by atoms with Gasteiger partial charge in [0.25, 0.3) is 0 Å². The molecule has 1 heterocycles. The summed E-state index contributed by atoms with van der Waals surface area (Å²) < 4.78 is 18.9. The Morgan fingerprint density at radius 1 is 1.17 bits per heavy atom. The van der Waals surface area contributed by atoms with Crippen LogP contribution in [0.2, 0.25) is 0 Å². The second-order valence-corrected chi connectivity index (χ2v) is 8.63. The predicted molar refractivity (Wildman–Crippen MR) is 97.3 cm³/mol. The third-order valence-corrected chi connectivity index (χ3v) is 5.35. The first-order chi connectivity index (χ1) is 11.3. The van der Waals surface area contributed by atoms with Crippen molar-refractivity contribution in [3.05, 3.63) is 35.6 Å². The first-order valence-electron chi connectivity index (χ1n) is 9.50. The van der Waals surface area contributed by atoms with Crippen LogP contribution < -0.4 is 5.32 Å². The molecule has 0 bridgehead atoms. The van der Waals surface area contributed by atoms with Crippen LogP contribution in [0.15, 0.2) is 24.3 Å². The minimum absolute atomic E-state index is 0.00614. The van der Waals surface area contributed by atoms with Gasteiger partial charge in [0.05, 0.1) is 12.1 Å². The minimum atomic E-state index is -0.157. The molecule has 24 heavy (non-hydrogen) atoms. The van der Waals surface area contributed by atoms with Crippen LogP contribution in [0.1, 0.15) is 65.4 Å². The van der Waals surface area contributed by atoms with Gasteiger partial charge in [-0.05, 0) is 56.6 Å². The fraction of sp³-hybridized carbons (Fsp3) is 0.714. The Hall–Kier alpha value is -0.930. The van der Waals surface area contributed by atoms with Crippen LogP contribution in [0.3, 0.4) is 0 Å². The van der Waals surface area contributed by atoms with Crippen LogP contribution in [0, 0.1) is 17.2 Å². The number of halogens is 1. The van der Waals surface area contributed by atoms with E-state index in [1.807, 2.05) is 12.1 Å². The molecule has 0 unspecified atom stereocenters. The zero-order valence-electron chi connectivity index (χ0n) is 15.9. The SMILES string of the molecule is CC(C)CC[C@@]1(CC[NH2+]Cc2ccc(F)cc2)CCOC(C)(C)C1. The molecule has 0 aromatic heterocycles. The highest BCUT2D eigenvalue weighted by molar-refractivity contribution is 5.14. The van der Waals surface area contributed by atoms with Gasteiger partial charge < -0.3 is 10.1 Å². The van der Waals surface area contributed by atoms with Crippen LogP contribution in [-0.2, 0) is 11.3 Å². The largest absolute Gasteiger partial charge is 0.376 e. The number of benzene rings is 1. The number of nitrogens with two attached hydrogens (primary N) is 1. The second kappa shape index (κ2) is 8.44. The molecular weight excluding hydrogens is 301 g/mol. The Bertz CT molecular complexity index is 497. The Kier molecular flexibility index (Phi) is 6.82. The van der Waals surface area contributed by atoms with Gasteiger partial charge in [-0.2, -0.15) is 0 Å². The monoisotopic (exact) mass is 336 g/mol. The van der Waals surface area contributed by atoms with E-state index in [-0.39, 0.29) is 11.4 Å². The van der Waals surface area contributed by atoms with Gasteiger partial charge in [0, 0.05) is 18.6 Å². The summed E-state index contributed by atoms with van der Waals surface area (Å²) in [5.74, 6) is 0.604. The van der Waals surface area contributed by atoms with Crippen molar-refractivity contribution >= 4 is 0 Å². The summed E-state index contributed by atoms with van der Waals surface area (Å²) in [6.07, 6.45) is 6.20. The molecule has 3 heteroatoms. The summed E-state index contributed by atoms with van der Waals surface area (Å²) in [5, 5.41) is 2.37. The molecule has 1 aliphatic rings. The fourth-order valence-corrected chi connectivity index (χ4v) is 4.03. The molecule has 1 atom stereocenters. The average molecular weight is 337 g/mol. The maximum absolute atomic E-state index is 13.0. The van der Waals surface area contributed by atoms with E-state index in [4.69, 9.17) is 4.74 Å². The van der Waals surface area contributed by atoms with Gasteiger partial charge in [0.2, 0.25) is 0 Å². The van der Waals surface area contributed by atoms with Crippen molar-refractivity contribution in [2.75, 3.05) is 13.2 Å². The van der Waals surface area contributed by atoms with E-state index in [2.05, 4.69) is 33.0 Å². The normalized spacial score (nSPS) is 23.6. The maximum atomic E-state index is 13.0. The summed E-state index contributed by atoms with van der Waals surface area (Å²) in [7, 11) is 0. The highest BCUT2D eigenvalue weighted by Crippen LogP contribution is 2.45. The first kappa shape index (κ1) is 19.4. The van der Waals surface area contributed by atoms with Crippen LogP contribution in [0.25, 0.3) is 0 Å². The standard InChI is InChI=1S/C21H34FNO/c1-17(2)9-10-21(12-14-24-20(3,4)16-21)11-13-23-15-18-5-7-19(22)8-6-18/h5-8,17,23H,9-16H2,1-4H3/p+1/t21-/m1/s1. The number of hydrogen-bond donors (Lipinski definition) is 1. The topological polar surface area (TPSA) is 25.8 Å². The molecule has 0 spiro atoms. The fourth-order valence-electron chi connectivity index (χ4n) is 4.03. The van der Waals surface area contributed by atoms with E-state index in [0.717, 1.165) is 32.0 Å². The van der Waals surface area contributed by atoms with Crippen molar-refractivity contribution in [1.82, 2.24) is 0 Å². The quantitative estimate of drug-likeness (QED) is 0.704. The highest BCUT2D eigenvalue weighted by Gasteiger charge is 2.40. The van der Waals surface area contributed by atoms with E-state index in [1.54, 1.807) is 12.1 Å². The minimum Gasteiger partial charge on any atom is -0.376 e. The second-order valence-electron chi connectivity index (χ2n) is 8.63. The lowest BCUT2D eigenvalue weighted by molar-refractivity contribution is -0.672. The van der Waals surface area contributed by atoms with Gasteiger partial charge in [-0.25, -0.2) is 4.39 Å². The van der Waals surface area contributed by atoms with Crippen molar-refractivity contribution in [1.29, 1.82) is 0 Å². The molecule has 0 amide bonds. The number of rotatable bonds is 8. The first-order valence-corrected chi connectivity index (χ1v) is 9.50. The van der Waals surface area contributed by atoms with Gasteiger partial charge in [0.15, 0.2) is 0 Å². The molecule has 2 nitrogen and oxygen atoms in total. The van der Waals surface area contributed by atoms with Crippen molar-refractivity contribution in [2.45, 2.75) is 71.9 Å². The molecule has 0 aliphatic carbocycles. The Morgan fingerprint density at radius 2 is 1.88 bits per heavy atom. The molecular formula is C21H35FNO+. The van der Waals surface area contributed by atoms with Gasteiger partial charge in [0.1, 0.15) is 12.4 Å². The predicted octanol–water partition coefficient (Wildman–Crippen LogP) is 4.29. The Morgan fingerprint density at radius 3 is 2.50 bits per heavy atom. The van der Waals surface area contributed by atoms with Crippen LogP contribution in [0.5, 0.6) is 0 Å². The van der Waals surface area contributed by atoms with Crippen LogP contribution in [0.4, 0.5) is 4.39 Å². The number of ether oxygens (including phenoxy) is 1. The molecule has 1 aliphatic heterocycles. The van der Waals surface area contributed by atoms with Gasteiger partial charge >= 0.3 is 0 Å². The third kappa shape index (κ3) is 6.18. The molecule has 2 N–H and O–H groups in total. The summed E-state index contributed by atoms with van der Waals surface area (Å²) in [4.78, 5) is 0. The van der Waals surface area contributed by atoms with Gasteiger partial charge in [-0.3, -0.25) is 0 Å². The van der Waals surface area contributed by atoms with E-state index in [9.17, 15) is 4.39 Å². The Labute approximate surface area is 147 Å². The Balaban J connectivity index is 1.87. The molecule has 1 fully saturated rings. The molecule has 1 aromatic carbocycles. The number of quaternary nitrogens is 1. The summed E-state index contributed by atoms with van der Waals surface area (Å²) >= 11 is 0. The smallest absolute Gasteiger partial charge is 0.123 e. The molecule has 0 radical (unpaired) electrons. The summed E-state index contributed by atoms with van der Waals surface area (Å²) in [6.45, 7) is 12.1. The van der Waals surface area contributed by atoms with Gasteiger partial charge in [-0.1, -0.05) is 32.4 Å². The molecule has 136 valence electrons. The van der Waals surface area contributed by atoms with E-state index in [1.165, 1.54) is 31.2 Å².